The van der Waals surface area contributed by atoms with Crippen LogP contribution >= 0.6 is 0 Å². The van der Waals surface area contributed by atoms with Crippen molar-refractivity contribution in [2.75, 3.05) is 13.1 Å². The lowest BCUT2D eigenvalue weighted by Gasteiger charge is -2.38. The van der Waals surface area contributed by atoms with E-state index in [0.717, 1.165) is 10.9 Å². The second-order valence-electron chi connectivity index (χ2n) is 5.57. The van der Waals surface area contributed by atoms with E-state index in [4.69, 9.17) is 5.26 Å². The SMILES string of the molecule is N#Cc1cnn(C2CN(C(=O)c3ccc4ccccc4n3)C2)c1. The van der Waals surface area contributed by atoms with Crippen molar-refractivity contribution in [3.05, 3.63) is 60.0 Å². The lowest BCUT2D eigenvalue weighted by atomic mass is 10.1. The molecule has 0 atom stereocenters. The summed E-state index contributed by atoms with van der Waals surface area (Å²) in [5.41, 5.74) is 1.81. The maximum Gasteiger partial charge on any atom is 0.272 e. The van der Waals surface area contributed by atoms with E-state index in [0.29, 0.717) is 24.3 Å². The van der Waals surface area contributed by atoms with Crippen LogP contribution in [0.15, 0.2) is 48.8 Å². The van der Waals surface area contributed by atoms with Gasteiger partial charge in [-0.15, -0.1) is 0 Å². The van der Waals surface area contributed by atoms with Crippen molar-refractivity contribution >= 4 is 16.8 Å². The van der Waals surface area contributed by atoms with Crippen molar-refractivity contribution < 1.29 is 4.79 Å². The van der Waals surface area contributed by atoms with Crippen LogP contribution in [0.1, 0.15) is 22.1 Å². The Balaban J connectivity index is 1.48. The van der Waals surface area contributed by atoms with Crippen molar-refractivity contribution in [2.45, 2.75) is 6.04 Å². The van der Waals surface area contributed by atoms with Crippen LogP contribution in [0.2, 0.25) is 0 Å². The highest BCUT2D eigenvalue weighted by atomic mass is 16.2. The molecular weight excluding hydrogens is 290 g/mol. The summed E-state index contributed by atoms with van der Waals surface area (Å²) in [4.78, 5) is 18.7. The molecule has 3 heterocycles. The maximum absolute atomic E-state index is 12.5. The third-order valence-corrected chi connectivity index (χ3v) is 4.07. The van der Waals surface area contributed by atoms with Crippen LogP contribution < -0.4 is 0 Å². The van der Waals surface area contributed by atoms with Gasteiger partial charge < -0.3 is 4.90 Å². The second-order valence-corrected chi connectivity index (χ2v) is 5.57. The van der Waals surface area contributed by atoms with Crippen LogP contribution in [0.3, 0.4) is 0 Å². The Labute approximate surface area is 132 Å². The summed E-state index contributed by atoms with van der Waals surface area (Å²) >= 11 is 0. The number of aromatic nitrogens is 3. The van der Waals surface area contributed by atoms with Crippen LogP contribution in [0.5, 0.6) is 0 Å². The first-order chi connectivity index (χ1) is 11.2. The Hall–Kier alpha value is -3.20. The summed E-state index contributed by atoms with van der Waals surface area (Å²) in [6.07, 6.45) is 3.25. The molecule has 0 spiro atoms. The first-order valence-corrected chi connectivity index (χ1v) is 7.34. The molecule has 0 unspecified atom stereocenters. The summed E-state index contributed by atoms with van der Waals surface area (Å²) < 4.78 is 1.75. The lowest BCUT2D eigenvalue weighted by Crippen LogP contribution is -2.51. The van der Waals surface area contributed by atoms with Gasteiger partial charge in [0.05, 0.1) is 23.3 Å². The van der Waals surface area contributed by atoms with Gasteiger partial charge in [0.1, 0.15) is 11.8 Å². The number of nitriles is 1. The fraction of sp³-hybridized carbons (Fsp3) is 0.176. The van der Waals surface area contributed by atoms with E-state index in [9.17, 15) is 4.79 Å². The van der Waals surface area contributed by atoms with Gasteiger partial charge in [0.15, 0.2) is 0 Å². The Kier molecular flexibility index (Phi) is 3.05. The molecule has 0 aliphatic carbocycles. The summed E-state index contributed by atoms with van der Waals surface area (Å²) in [5, 5.41) is 14.0. The van der Waals surface area contributed by atoms with Gasteiger partial charge in [-0.25, -0.2) is 4.98 Å². The number of carbonyl (C=O) groups excluding carboxylic acids is 1. The third kappa shape index (κ3) is 2.32. The number of hydrogen-bond acceptors (Lipinski definition) is 4. The number of rotatable bonds is 2. The molecule has 23 heavy (non-hydrogen) atoms. The fourth-order valence-corrected chi connectivity index (χ4v) is 2.73. The maximum atomic E-state index is 12.5. The molecule has 1 aromatic carbocycles. The van der Waals surface area contributed by atoms with Crippen molar-refractivity contribution in [1.29, 1.82) is 5.26 Å². The number of carbonyl (C=O) groups is 1. The first-order valence-electron chi connectivity index (χ1n) is 7.34. The number of likely N-dealkylation sites (tertiary alicyclic amines) is 1. The Morgan fingerprint density at radius 2 is 2.04 bits per heavy atom. The summed E-state index contributed by atoms with van der Waals surface area (Å²) in [6, 6.07) is 13.6. The topological polar surface area (TPSA) is 74.8 Å². The molecule has 1 fully saturated rings. The zero-order valence-electron chi connectivity index (χ0n) is 12.3. The first kappa shape index (κ1) is 13.5. The molecule has 0 saturated carbocycles. The van der Waals surface area contributed by atoms with E-state index in [1.165, 1.54) is 6.20 Å². The number of amides is 1. The van der Waals surface area contributed by atoms with E-state index in [1.54, 1.807) is 21.8 Å². The van der Waals surface area contributed by atoms with Crippen LogP contribution in [-0.4, -0.2) is 38.7 Å². The normalized spacial score (nSPS) is 14.5. The van der Waals surface area contributed by atoms with Crippen LogP contribution in [0, 0.1) is 11.3 Å². The fourth-order valence-electron chi connectivity index (χ4n) is 2.73. The monoisotopic (exact) mass is 303 g/mol. The smallest absolute Gasteiger partial charge is 0.272 e. The van der Waals surface area contributed by atoms with Gasteiger partial charge in [-0.05, 0) is 12.1 Å². The standard InChI is InChI=1S/C17H13N5O/c18-7-12-8-19-22(9-12)14-10-21(11-14)17(23)16-6-5-13-3-1-2-4-15(13)20-16/h1-6,8-9,14H,10-11H2. The molecule has 6 heteroatoms. The van der Waals surface area contributed by atoms with E-state index in [1.807, 2.05) is 30.3 Å². The molecule has 2 aromatic heterocycles. The molecule has 1 aliphatic heterocycles. The highest BCUT2D eigenvalue weighted by Gasteiger charge is 2.33. The van der Waals surface area contributed by atoms with Gasteiger partial charge in [0.25, 0.3) is 5.91 Å². The summed E-state index contributed by atoms with van der Waals surface area (Å²) in [6.45, 7) is 1.17. The van der Waals surface area contributed by atoms with E-state index in [2.05, 4.69) is 16.2 Å². The molecule has 1 saturated heterocycles. The van der Waals surface area contributed by atoms with Gasteiger partial charge in [0, 0.05) is 24.7 Å². The van der Waals surface area contributed by atoms with Crippen LogP contribution in [-0.2, 0) is 0 Å². The predicted octanol–water partition coefficient (Wildman–Crippen LogP) is 2.00. The van der Waals surface area contributed by atoms with Crippen LogP contribution in [0.25, 0.3) is 10.9 Å². The molecule has 112 valence electrons. The van der Waals surface area contributed by atoms with Crippen molar-refractivity contribution in [1.82, 2.24) is 19.7 Å². The number of hydrogen-bond donors (Lipinski definition) is 0. The Bertz CT molecular complexity index is 933. The van der Waals surface area contributed by atoms with Gasteiger partial charge in [-0.3, -0.25) is 9.48 Å². The Morgan fingerprint density at radius 3 is 2.83 bits per heavy atom. The zero-order valence-corrected chi connectivity index (χ0v) is 12.3. The van der Waals surface area contributed by atoms with E-state index >= 15 is 0 Å². The van der Waals surface area contributed by atoms with E-state index < -0.39 is 0 Å². The number of nitrogens with zero attached hydrogens (tertiary/aromatic N) is 5. The van der Waals surface area contributed by atoms with Crippen molar-refractivity contribution in [3.63, 3.8) is 0 Å². The van der Waals surface area contributed by atoms with Crippen molar-refractivity contribution in [2.24, 2.45) is 0 Å². The second kappa shape index (κ2) is 5.21. The molecular formula is C17H13N5O. The average Bonchev–Trinajstić information content (AvgIpc) is 3.01. The van der Waals surface area contributed by atoms with Gasteiger partial charge in [-0.2, -0.15) is 10.4 Å². The average molecular weight is 303 g/mol. The predicted molar refractivity (Wildman–Crippen MR) is 83.6 cm³/mol. The highest BCUT2D eigenvalue weighted by Crippen LogP contribution is 2.23. The minimum Gasteiger partial charge on any atom is -0.333 e. The molecule has 6 nitrogen and oxygen atoms in total. The number of benzene rings is 1. The van der Waals surface area contributed by atoms with Gasteiger partial charge >= 0.3 is 0 Å². The molecule has 0 radical (unpaired) electrons. The number of para-hydroxylation sites is 1. The molecule has 1 amide bonds. The molecule has 4 rings (SSSR count). The zero-order chi connectivity index (χ0) is 15.8. The highest BCUT2D eigenvalue weighted by molar-refractivity contribution is 5.95. The van der Waals surface area contributed by atoms with Crippen molar-refractivity contribution in [3.8, 4) is 6.07 Å². The van der Waals surface area contributed by atoms with Gasteiger partial charge in [0.2, 0.25) is 0 Å². The number of pyridine rings is 1. The molecule has 1 aliphatic rings. The minimum atomic E-state index is -0.0698. The summed E-state index contributed by atoms with van der Waals surface area (Å²) in [5.74, 6) is -0.0698. The Morgan fingerprint density at radius 1 is 1.22 bits per heavy atom. The lowest BCUT2D eigenvalue weighted by molar-refractivity contribution is 0.0496. The largest absolute Gasteiger partial charge is 0.333 e. The molecule has 0 bridgehead atoms. The minimum absolute atomic E-state index is 0.0698. The number of fused-ring (bicyclic) bond motifs is 1. The molecule has 0 N–H and O–H groups in total. The third-order valence-electron chi connectivity index (χ3n) is 4.07. The quantitative estimate of drug-likeness (QED) is 0.725. The molecule has 3 aromatic rings. The summed E-state index contributed by atoms with van der Waals surface area (Å²) in [7, 11) is 0. The van der Waals surface area contributed by atoms with Crippen LogP contribution in [0.4, 0.5) is 0 Å². The van der Waals surface area contributed by atoms with Gasteiger partial charge in [-0.1, -0.05) is 24.3 Å². The van der Waals surface area contributed by atoms with E-state index in [-0.39, 0.29) is 11.9 Å².